The molecule has 3 N–H and O–H groups in total. The van der Waals surface area contributed by atoms with E-state index in [0.29, 0.717) is 25.7 Å². The lowest BCUT2D eigenvalue weighted by atomic mass is 10.0. The van der Waals surface area contributed by atoms with Gasteiger partial charge in [-0.15, -0.1) is 0 Å². The first-order valence-electron chi connectivity index (χ1n) is 40.9. The molecule has 5 atom stereocenters. The number of phosphoric ester groups is 2. The highest BCUT2D eigenvalue weighted by molar-refractivity contribution is 7.47. The number of carbonyl (C=O) groups excluding carboxylic acids is 4. The molecule has 0 amide bonds. The first-order valence-corrected chi connectivity index (χ1v) is 43.9. The molecule has 0 radical (unpaired) electrons. The Morgan fingerprint density at radius 2 is 0.520 bits per heavy atom. The SMILES string of the molecule is CC/C=C\C/C=C\C/C=C\C/C=C\CCCCCCCCC(=O)OCC(COP(=O)(O)OCC(O)COP(=O)(O)OCC(COC(=O)CCCCCCCCCCCCCCC)OC(=O)CCCCCCCCCCCCCCC)OC(=O)CCCCCCCCCCCCCCCCC. The van der Waals surface area contributed by atoms with Crippen molar-refractivity contribution in [1.82, 2.24) is 0 Å². The summed E-state index contributed by atoms with van der Waals surface area (Å²) in [5, 5.41) is 10.6. The number of hydrogen-bond donors (Lipinski definition) is 3. The third kappa shape index (κ3) is 73.3. The monoisotopic (exact) mass is 1460 g/mol. The lowest BCUT2D eigenvalue weighted by Crippen LogP contribution is -2.30. The van der Waals surface area contributed by atoms with E-state index in [1.165, 1.54) is 173 Å². The Bertz CT molecular complexity index is 2080. The van der Waals surface area contributed by atoms with E-state index in [4.69, 9.17) is 37.0 Å². The van der Waals surface area contributed by atoms with Crippen LogP contribution in [-0.2, 0) is 65.4 Å². The summed E-state index contributed by atoms with van der Waals surface area (Å²) in [6.07, 6.45) is 72.2. The van der Waals surface area contributed by atoms with Gasteiger partial charge in [-0.1, -0.05) is 346 Å². The van der Waals surface area contributed by atoms with Crippen LogP contribution >= 0.6 is 15.6 Å². The highest BCUT2D eigenvalue weighted by Gasteiger charge is 2.30. The molecule has 0 heterocycles. The number of carbonyl (C=O) groups is 4. The summed E-state index contributed by atoms with van der Waals surface area (Å²) in [4.78, 5) is 73.0. The summed E-state index contributed by atoms with van der Waals surface area (Å²) in [7, 11) is -9.93. The number of hydrogen-bond acceptors (Lipinski definition) is 15. The quantitative estimate of drug-likeness (QED) is 0.0169. The van der Waals surface area contributed by atoms with Gasteiger partial charge in [-0.2, -0.15) is 0 Å². The fourth-order valence-electron chi connectivity index (χ4n) is 11.6. The van der Waals surface area contributed by atoms with E-state index < -0.39 is 97.5 Å². The second-order valence-corrected chi connectivity index (χ2v) is 30.6. The molecule has 5 unspecified atom stereocenters. The number of ether oxygens (including phenoxy) is 4. The fraction of sp³-hybridized carbons (Fsp3) is 0.852. The molecule has 17 nitrogen and oxygen atoms in total. The summed E-state index contributed by atoms with van der Waals surface area (Å²) in [6.45, 7) is 4.85. The van der Waals surface area contributed by atoms with Gasteiger partial charge in [0.1, 0.15) is 19.3 Å². The van der Waals surface area contributed by atoms with Crippen LogP contribution in [0.15, 0.2) is 48.6 Å². The average molecular weight is 1460 g/mol. The molecule has 0 aromatic carbocycles. The van der Waals surface area contributed by atoms with Crippen molar-refractivity contribution >= 4 is 39.5 Å². The first-order chi connectivity index (χ1) is 48.7. The maximum absolute atomic E-state index is 13.1. The zero-order valence-corrected chi connectivity index (χ0v) is 65.9. The van der Waals surface area contributed by atoms with E-state index in [0.717, 1.165) is 135 Å². The predicted molar refractivity (Wildman–Crippen MR) is 409 cm³/mol. The number of unbranched alkanes of at least 4 members (excludes halogenated alkanes) is 44. The smallest absolute Gasteiger partial charge is 0.462 e. The molecule has 0 saturated heterocycles. The zero-order valence-electron chi connectivity index (χ0n) is 64.1. The number of aliphatic hydroxyl groups is 1. The highest BCUT2D eigenvalue weighted by atomic mass is 31.2. The first kappa shape index (κ1) is 97.0. The summed E-state index contributed by atoms with van der Waals surface area (Å²) in [6, 6.07) is 0. The fourth-order valence-corrected chi connectivity index (χ4v) is 13.2. The van der Waals surface area contributed by atoms with E-state index in [9.17, 15) is 43.2 Å². The topological polar surface area (TPSA) is 237 Å². The van der Waals surface area contributed by atoms with Gasteiger partial charge in [-0.05, 0) is 64.2 Å². The van der Waals surface area contributed by atoms with Crippen molar-refractivity contribution in [3.05, 3.63) is 48.6 Å². The van der Waals surface area contributed by atoms with E-state index >= 15 is 0 Å². The third-order valence-corrected chi connectivity index (χ3v) is 19.7. The molecule has 0 bridgehead atoms. The van der Waals surface area contributed by atoms with Gasteiger partial charge in [0.05, 0.1) is 26.4 Å². The molecule has 19 heteroatoms. The number of rotatable bonds is 78. The van der Waals surface area contributed by atoms with Gasteiger partial charge >= 0.3 is 39.5 Å². The maximum Gasteiger partial charge on any atom is 0.472 e. The van der Waals surface area contributed by atoms with Gasteiger partial charge in [0.15, 0.2) is 12.2 Å². The van der Waals surface area contributed by atoms with Crippen LogP contribution in [0.25, 0.3) is 0 Å². The van der Waals surface area contributed by atoms with Crippen LogP contribution in [0.4, 0.5) is 0 Å². The molecule has 0 aliphatic heterocycles. The standard InChI is InChI=1S/C81H150O17P2/c1-5-9-13-17-21-25-29-33-35-36-37-38-40-43-46-50-54-58-62-66-79(84)92-72-77(98-81(86)68-64-60-56-52-48-44-39-34-30-26-22-18-14-10-6-2)74-96-100(89,90)94-70-75(82)69-93-99(87,88)95-73-76(97-80(85)67-63-59-55-51-47-42-32-28-24-20-16-12-8-4)71-91-78(83)65-61-57-53-49-45-41-31-27-23-19-15-11-7-3/h9,13,21,25,33,35,37-38,75-77,82H,5-8,10-12,14-20,22-24,26-32,34,36,39-74H2,1-4H3,(H,87,88)(H,89,90)/b13-9-,25-21-,35-33-,38-37-. The normalized spacial score (nSPS) is 14.1. The molecule has 0 rings (SSSR count). The molecule has 0 spiro atoms. The number of esters is 4. The van der Waals surface area contributed by atoms with E-state index in [2.05, 4.69) is 76.3 Å². The van der Waals surface area contributed by atoms with Crippen molar-refractivity contribution in [2.75, 3.05) is 39.6 Å². The molecule has 0 aromatic heterocycles. The Balaban J connectivity index is 5.30. The van der Waals surface area contributed by atoms with Gasteiger partial charge < -0.3 is 33.8 Å². The van der Waals surface area contributed by atoms with E-state index in [1.807, 2.05) is 0 Å². The molecular formula is C81H150O17P2. The second-order valence-electron chi connectivity index (χ2n) is 27.7. The van der Waals surface area contributed by atoms with Gasteiger partial charge in [-0.3, -0.25) is 37.3 Å². The van der Waals surface area contributed by atoms with Crippen molar-refractivity contribution in [2.45, 2.75) is 406 Å². The van der Waals surface area contributed by atoms with E-state index in [1.54, 1.807) is 0 Å². The molecular weight excluding hydrogens is 1310 g/mol. The Kier molecular flexibility index (Phi) is 72.1. The molecule has 0 fully saturated rings. The maximum atomic E-state index is 13.1. The van der Waals surface area contributed by atoms with Crippen LogP contribution in [0, 0.1) is 0 Å². The van der Waals surface area contributed by atoms with Crippen LogP contribution in [0.5, 0.6) is 0 Å². The van der Waals surface area contributed by atoms with Crippen molar-refractivity contribution < 1.29 is 80.2 Å². The van der Waals surface area contributed by atoms with Crippen LogP contribution in [0.3, 0.4) is 0 Å². The average Bonchev–Trinajstić information content (AvgIpc) is 0.946. The minimum atomic E-state index is -4.97. The molecule has 100 heavy (non-hydrogen) atoms. The molecule has 0 aliphatic rings. The lowest BCUT2D eigenvalue weighted by Gasteiger charge is -2.21. The Morgan fingerprint density at radius 1 is 0.290 bits per heavy atom. The highest BCUT2D eigenvalue weighted by Crippen LogP contribution is 2.45. The Labute approximate surface area is 610 Å². The molecule has 0 saturated carbocycles. The summed E-state index contributed by atoms with van der Waals surface area (Å²) in [5.74, 6) is -2.14. The number of allylic oxidation sites excluding steroid dienone is 8. The summed E-state index contributed by atoms with van der Waals surface area (Å²) in [5.41, 5.74) is 0. The van der Waals surface area contributed by atoms with Crippen LogP contribution in [0.2, 0.25) is 0 Å². The predicted octanol–water partition coefficient (Wildman–Crippen LogP) is 23.7. The van der Waals surface area contributed by atoms with Crippen LogP contribution in [-0.4, -0.2) is 96.7 Å². The van der Waals surface area contributed by atoms with Gasteiger partial charge in [0, 0.05) is 25.7 Å². The van der Waals surface area contributed by atoms with Crippen molar-refractivity contribution in [2.24, 2.45) is 0 Å². The van der Waals surface area contributed by atoms with Crippen molar-refractivity contribution in [3.63, 3.8) is 0 Å². The number of phosphoric acid groups is 2. The second kappa shape index (κ2) is 74.3. The summed E-state index contributed by atoms with van der Waals surface area (Å²) >= 11 is 0. The zero-order chi connectivity index (χ0) is 73.2. The Morgan fingerprint density at radius 3 is 0.800 bits per heavy atom. The van der Waals surface area contributed by atoms with Gasteiger partial charge in [0.25, 0.3) is 0 Å². The lowest BCUT2D eigenvalue weighted by molar-refractivity contribution is -0.161. The Hall–Kier alpha value is -2.98. The van der Waals surface area contributed by atoms with Crippen LogP contribution < -0.4 is 0 Å². The minimum Gasteiger partial charge on any atom is -0.462 e. The van der Waals surface area contributed by atoms with Crippen LogP contribution in [0.1, 0.15) is 387 Å². The van der Waals surface area contributed by atoms with E-state index in [-0.39, 0.29) is 25.7 Å². The molecule has 0 aliphatic carbocycles. The van der Waals surface area contributed by atoms with Gasteiger partial charge in [-0.25, -0.2) is 9.13 Å². The third-order valence-electron chi connectivity index (χ3n) is 17.8. The van der Waals surface area contributed by atoms with Crippen molar-refractivity contribution in [3.8, 4) is 0 Å². The minimum absolute atomic E-state index is 0.0996. The molecule has 586 valence electrons. The largest absolute Gasteiger partial charge is 0.472 e. The van der Waals surface area contributed by atoms with Gasteiger partial charge in [0.2, 0.25) is 0 Å². The summed E-state index contributed by atoms with van der Waals surface area (Å²) < 4.78 is 68.7. The van der Waals surface area contributed by atoms with Crippen molar-refractivity contribution in [1.29, 1.82) is 0 Å². The number of aliphatic hydroxyl groups excluding tert-OH is 1. The molecule has 0 aromatic rings.